The number of ether oxygens (including phenoxy) is 1. The van der Waals surface area contributed by atoms with Gasteiger partial charge < -0.3 is 24.3 Å². The number of carbonyl (C=O) groups excluding carboxylic acids is 2. The number of piperidine rings is 1. The lowest BCUT2D eigenvalue weighted by Gasteiger charge is -2.30. The van der Waals surface area contributed by atoms with E-state index in [4.69, 9.17) is 20.8 Å². The topological polar surface area (TPSA) is 87.9 Å². The van der Waals surface area contributed by atoms with Gasteiger partial charge in [-0.25, -0.2) is 9.78 Å². The van der Waals surface area contributed by atoms with Crippen molar-refractivity contribution in [3.05, 3.63) is 40.6 Å². The molecule has 0 radical (unpaired) electrons. The van der Waals surface area contributed by atoms with Crippen LogP contribution < -0.4 is 10.1 Å². The summed E-state index contributed by atoms with van der Waals surface area (Å²) in [6, 6.07) is 4.89. The molecule has 31 heavy (non-hydrogen) atoms. The molecule has 9 heteroatoms. The van der Waals surface area contributed by atoms with Gasteiger partial charge in [0, 0.05) is 37.1 Å². The summed E-state index contributed by atoms with van der Waals surface area (Å²) in [5, 5.41) is 3.40. The molecule has 2 fully saturated rings. The van der Waals surface area contributed by atoms with E-state index in [9.17, 15) is 9.59 Å². The van der Waals surface area contributed by atoms with E-state index in [1.807, 2.05) is 4.90 Å². The maximum atomic E-state index is 12.7. The molecule has 3 heterocycles. The van der Waals surface area contributed by atoms with Crippen LogP contribution in [-0.2, 0) is 0 Å². The number of methoxy groups -OCH3 is 1. The molecule has 4 rings (SSSR count). The number of benzene rings is 1. The number of hydrogen-bond acceptors (Lipinski definition) is 5. The van der Waals surface area contributed by atoms with Crippen molar-refractivity contribution in [2.45, 2.75) is 38.5 Å². The van der Waals surface area contributed by atoms with Crippen LogP contribution in [0.25, 0.3) is 0 Å². The van der Waals surface area contributed by atoms with Crippen molar-refractivity contribution in [3.8, 4) is 5.75 Å². The van der Waals surface area contributed by atoms with Crippen LogP contribution in [0.5, 0.6) is 5.75 Å². The third-order valence-corrected chi connectivity index (χ3v) is 6.18. The minimum absolute atomic E-state index is 0.0442. The number of nitrogens with one attached hydrogen (secondary N) is 1. The summed E-state index contributed by atoms with van der Waals surface area (Å²) < 4.78 is 11.2. The number of oxazole rings is 1. The maximum absolute atomic E-state index is 12.7. The number of urea groups is 1. The SMILES string of the molecule is COc1ccc(Cl)cc1NC(=O)N1CCC(c2nc(C(=O)N3CCCC3)c(C)o2)CC1. The molecule has 2 aliphatic heterocycles. The Morgan fingerprint density at radius 2 is 1.87 bits per heavy atom. The Morgan fingerprint density at radius 1 is 1.16 bits per heavy atom. The van der Waals surface area contributed by atoms with Gasteiger partial charge in [-0.15, -0.1) is 0 Å². The van der Waals surface area contributed by atoms with Crippen LogP contribution in [0.15, 0.2) is 22.6 Å². The number of likely N-dealkylation sites (tertiary alicyclic amines) is 2. The fourth-order valence-corrected chi connectivity index (χ4v) is 4.33. The highest BCUT2D eigenvalue weighted by Gasteiger charge is 2.30. The summed E-state index contributed by atoms with van der Waals surface area (Å²) in [7, 11) is 1.55. The molecule has 166 valence electrons. The second kappa shape index (κ2) is 9.18. The molecular weight excluding hydrogens is 420 g/mol. The molecule has 1 aromatic heterocycles. The quantitative estimate of drug-likeness (QED) is 0.756. The molecular formula is C22H27ClN4O4. The van der Waals surface area contributed by atoms with Gasteiger partial charge in [0.05, 0.1) is 12.8 Å². The van der Waals surface area contributed by atoms with Gasteiger partial charge in [-0.05, 0) is 50.8 Å². The fraction of sp³-hybridized carbons (Fsp3) is 0.500. The van der Waals surface area contributed by atoms with Crippen LogP contribution >= 0.6 is 11.6 Å². The average molecular weight is 447 g/mol. The van der Waals surface area contributed by atoms with Crippen LogP contribution in [0.3, 0.4) is 0 Å². The minimum atomic E-state index is -0.201. The Morgan fingerprint density at radius 3 is 2.55 bits per heavy atom. The lowest BCUT2D eigenvalue weighted by molar-refractivity contribution is 0.0786. The summed E-state index contributed by atoms with van der Waals surface area (Å²) in [4.78, 5) is 33.5. The molecule has 2 aliphatic rings. The second-order valence-electron chi connectivity index (χ2n) is 7.99. The summed E-state index contributed by atoms with van der Waals surface area (Å²) in [5.74, 6) is 1.76. The van der Waals surface area contributed by atoms with Crippen molar-refractivity contribution >= 4 is 29.2 Å². The number of anilines is 1. The monoisotopic (exact) mass is 446 g/mol. The third kappa shape index (κ3) is 4.63. The molecule has 1 aromatic carbocycles. The largest absolute Gasteiger partial charge is 0.495 e. The van der Waals surface area contributed by atoms with Gasteiger partial charge in [0.15, 0.2) is 11.6 Å². The zero-order valence-electron chi connectivity index (χ0n) is 17.8. The van der Waals surface area contributed by atoms with Gasteiger partial charge in [-0.3, -0.25) is 4.79 Å². The summed E-state index contributed by atoms with van der Waals surface area (Å²) >= 11 is 6.04. The maximum Gasteiger partial charge on any atom is 0.321 e. The van der Waals surface area contributed by atoms with Crippen molar-refractivity contribution in [1.82, 2.24) is 14.8 Å². The number of carbonyl (C=O) groups is 2. The summed E-state index contributed by atoms with van der Waals surface area (Å²) in [6.07, 6.45) is 3.52. The Kier molecular flexibility index (Phi) is 6.36. The van der Waals surface area contributed by atoms with E-state index in [0.29, 0.717) is 46.9 Å². The third-order valence-electron chi connectivity index (χ3n) is 5.94. The van der Waals surface area contributed by atoms with Crippen molar-refractivity contribution in [2.75, 3.05) is 38.6 Å². The average Bonchev–Trinajstić information content (AvgIpc) is 3.44. The first-order valence-corrected chi connectivity index (χ1v) is 11.0. The van der Waals surface area contributed by atoms with E-state index in [1.54, 1.807) is 37.1 Å². The van der Waals surface area contributed by atoms with E-state index in [-0.39, 0.29) is 17.9 Å². The van der Waals surface area contributed by atoms with E-state index in [0.717, 1.165) is 38.8 Å². The lowest BCUT2D eigenvalue weighted by Crippen LogP contribution is -2.40. The first-order chi connectivity index (χ1) is 15.0. The molecule has 0 bridgehead atoms. The molecule has 0 unspecified atom stereocenters. The first kappa shape index (κ1) is 21.5. The van der Waals surface area contributed by atoms with Gasteiger partial charge in [0.25, 0.3) is 5.91 Å². The molecule has 2 aromatic rings. The number of halogens is 1. The Bertz CT molecular complexity index is 962. The van der Waals surface area contributed by atoms with Gasteiger partial charge in [-0.1, -0.05) is 11.6 Å². The Balaban J connectivity index is 1.37. The second-order valence-corrected chi connectivity index (χ2v) is 8.43. The predicted molar refractivity (Wildman–Crippen MR) is 117 cm³/mol. The Labute approximate surface area is 186 Å². The normalized spacial score (nSPS) is 17.1. The van der Waals surface area contributed by atoms with Crippen molar-refractivity contribution in [2.24, 2.45) is 0 Å². The van der Waals surface area contributed by atoms with Crippen LogP contribution in [0.4, 0.5) is 10.5 Å². The van der Waals surface area contributed by atoms with Crippen molar-refractivity contribution in [1.29, 1.82) is 0 Å². The van der Waals surface area contributed by atoms with Crippen LogP contribution in [0.2, 0.25) is 5.02 Å². The van der Waals surface area contributed by atoms with Gasteiger partial charge in [0.1, 0.15) is 11.5 Å². The fourth-order valence-electron chi connectivity index (χ4n) is 4.16. The summed E-state index contributed by atoms with van der Waals surface area (Å²) in [6.45, 7) is 4.49. The number of aromatic nitrogens is 1. The molecule has 0 saturated carbocycles. The zero-order chi connectivity index (χ0) is 22.0. The molecule has 0 spiro atoms. The van der Waals surface area contributed by atoms with Crippen molar-refractivity contribution in [3.63, 3.8) is 0 Å². The number of rotatable bonds is 4. The molecule has 2 saturated heterocycles. The molecule has 8 nitrogen and oxygen atoms in total. The highest BCUT2D eigenvalue weighted by atomic mass is 35.5. The smallest absolute Gasteiger partial charge is 0.321 e. The first-order valence-electron chi connectivity index (χ1n) is 10.6. The van der Waals surface area contributed by atoms with Crippen LogP contribution in [0, 0.1) is 6.92 Å². The molecule has 3 amide bonds. The lowest BCUT2D eigenvalue weighted by atomic mass is 9.97. The summed E-state index contributed by atoms with van der Waals surface area (Å²) in [5.41, 5.74) is 0.959. The minimum Gasteiger partial charge on any atom is -0.495 e. The van der Waals surface area contributed by atoms with E-state index >= 15 is 0 Å². The van der Waals surface area contributed by atoms with E-state index in [2.05, 4.69) is 10.3 Å². The van der Waals surface area contributed by atoms with Crippen molar-refractivity contribution < 1.29 is 18.7 Å². The standard InChI is InChI=1S/C22H27ClN4O4/c1-14-19(21(28)26-9-3-4-10-26)25-20(31-14)15-7-11-27(12-8-15)22(29)24-17-13-16(23)5-6-18(17)30-2/h5-6,13,15H,3-4,7-12H2,1-2H3,(H,24,29). The van der Waals surface area contributed by atoms with E-state index < -0.39 is 0 Å². The highest BCUT2D eigenvalue weighted by molar-refractivity contribution is 6.31. The zero-order valence-corrected chi connectivity index (χ0v) is 18.6. The highest BCUT2D eigenvalue weighted by Crippen LogP contribution is 2.31. The predicted octanol–water partition coefficient (Wildman–Crippen LogP) is 4.29. The molecule has 0 aliphatic carbocycles. The molecule has 1 N–H and O–H groups in total. The van der Waals surface area contributed by atoms with Gasteiger partial charge in [0.2, 0.25) is 0 Å². The number of nitrogens with zero attached hydrogens (tertiary/aromatic N) is 3. The van der Waals surface area contributed by atoms with Crippen LogP contribution in [0.1, 0.15) is 53.7 Å². The van der Waals surface area contributed by atoms with Gasteiger partial charge >= 0.3 is 6.03 Å². The molecule has 0 atom stereocenters. The van der Waals surface area contributed by atoms with E-state index in [1.165, 1.54) is 0 Å². The number of aryl methyl sites for hydroxylation is 1. The Hall–Kier alpha value is -2.74. The number of amides is 3. The number of hydrogen-bond donors (Lipinski definition) is 1. The van der Waals surface area contributed by atoms with Crippen LogP contribution in [-0.4, -0.2) is 60.0 Å². The van der Waals surface area contributed by atoms with Gasteiger partial charge in [-0.2, -0.15) is 0 Å².